The summed E-state index contributed by atoms with van der Waals surface area (Å²) in [6.45, 7) is 5.89. The number of aromatic carboxylic acids is 1. The average molecular weight is 268 g/mol. The van der Waals surface area contributed by atoms with E-state index in [0.29, 0.717) is 24.3 Å². The van der Waals surface area contributed by atoms with Crippen LogP contribution in [0.25, 0.3) is 0 Å². The van der Waals surface area contributed by atoms with E-state index >= 15 is 0 Å². The number of hydrogen-bond acceptors (Lipinski definition) is 4. The number of nitrogens with zero attached hydrogens (tertiary/aromatic N) is 1. The van der Waals surface area contributed by atoms with Crippen LogP contribution in [0.1, 0.15) is 36.4 Å². The molecule has 2 N–H and O–H groups in total. The van der Waals surface area contributed by atoms with Gasteiger partial charge in [0.15, 0.2) is 0 Å². The topological polar surface area (TPSA) is 65.7 Å². The largest absolute Gasteiger partial charge is 0.478 e. The molecule has 0 aliphatic heterocycles. The lowest BCUT2D eigenvalue weighted by Gasteiger charge is -2.23. The zero-order valence-electron chi connectivity index (χ0n) is 12.1. The lowest BCUT2D eigenvalue weighted by molar-refractivity contribution is 0.0696. The fourth-order valence-corrected chi connectivity index (χ4v) is 2.06. The highest BCUT2D eigenvalue weighted by molar-refractivity contribution is 5.87. The van der Waals surface area contributed by atoms with Gasteiger partial charge in [-0.25, -0.2) is 4.79 Å². The van der Waals surface area contributed by atoms with Crippen LogP contribution in [0.4, 0.5) is 0 Å². The molecule has 1 atom stereocenters. The first kappa shape index (κ1) is 15.7. The number of carboxylic acid groups (broad SMARTS) is 1. The predicted octanol–water partition coefficient (Wildman–Crippen LogP) is 2.04. The van der Waals surface area contributed by atoms with Crippen molar-refractivity contribution in [3.05, 3.63) is 23.7 Å². The van der Waals surface area contributed by atoms with Crippen LogP contribution in [-0.4, -0.2) is 42.7 Å². The summed E-state index contributed by atoms with van der Waals surface area (Å²) in [5.74, 6) is 0.315. The molecule has 0 bridgehead atoms. The van der Waals surface area contributed by atoms with E-state index < -0.39 is 5.97 Å². The van der Waals surface area contributed by atoms with Gasteiger partial charge in [-0.2, -0.15) is 0 Å². The van der Waals surface area contributed by atoms with Crippen molar-refractivity contribution in [2.75, 3.05) is 20.6 Å². The van der Waals surface area contributed by atoms with Crippen molar-refractivity contribution >= 4 is 5.97 Å². The molecule has 19 heavy (non-hydrogen) atoms. The van der Waals surface area contributed by atoms with E-state index in [2.05, 4.69) is 24.1 Å². The number of furan rings is 1. The minimum absolute atomic E-state index is 0.199. The van der Waals surface area contributed by atoms with E-state index in [1.54, 1.807) is 6.07 Å². The van der Waals surface area contributed by atoms with E-state index in [0.717, 1.165) is 13.0 Å². The number of nitrogens with one attached hydrogen (secondary N) is 1. The fraction of sp³-hybridized carbons (Fsp3) is 0.643. The van der Waals surface area contributed by atoms with E-state index in [1.807, 2.05) is 14.1 Å². The molecule has 5 heteroatoms. The van der Waals surface area contributed by atoms with Crippen LogP contribution in [0.2, 0.25) is 0 Å². The van der Waals surface area contributed by atoms with Crippen LogP contribution in [-0.2, 0) is 6.54 Å². The van der Waals surface area contributed by atoms with E-state index in [4.69, 9.17) is 9.52 Å². The maximum absolute atomic E-state index is 10.8. The smallest absolute Gasteiger partial charge is 0.338 e. The highest BCUT2D eigenvalue weighted by Crippen LogP contribution is 2.10. The van der Waals surface area contributed by atoms with Crippen LogP contribution < -0.4 is 5.32 Å². The normalized spacial score (nSPS) is 13.2. The average Bonchev–Trinajstić information content (AvgIpc) is 2.73. The SMILES string of the molecule is CC(C)CC(CN(C)C)NCc1cc(C(=O)O)co1. The van der Waals surface area contributed by atoms with Crippen molar-refractivity contribution in [2.45, 2.75) is 32.9 Å². The second-order valence-electron chi connectivity index (χ2n) is 5.58. The number of rotatable bonds is 8. The van der Waals surface area contributed by atoms with Gasteiger partial charge in [-0.3, -0.25) is 0 Å². The molecular formula is C14H24N2O3. The Kier molecular flexibility index (Phi) is 6.05. The van der Waals surface area contributed by atoms with E-state index in [-0.39, 0.29) is 5.56 Å². The van der Waals surface area contributed by atoms with Crippen LogP contribution in [0.15, 0.2) is 16.7 Å². The van der Waals surface area contributed by atoms with Crippen molar-refractivity contribution in [1.82, 2.24) is 10.2 Å². The third-order valence-electron chi connectivity index (χ3n) is 2.81. The first-order valence-corrected chi connectivity index (χ1v) is 6.57. The van der Waals surface area contributed by atoms with Crippen molar-refractivity contribution < 1.29 is 14.3 Å². The molecule has 1 heterocycles. The molecular weight excluding hydrogens is 244 g/mol. The van der Waals surface area contributed by atoms with Gasteiger partial charge in [0, 0.05) is 12.6 Å². The molecule has 0 aliphatic rings. The van der Waals surface area contributed by atoms with Gasteiger partial charge < -0.3 is 19.7 Å². The molecule has 1 aromatic rings. The van der Waals surface area contributed by atoms with Crippen LogP contribution in [0, 0.1) is 5.92 Å². The summed E-state index contributed by atoms with van der Waals surface area (Å²) < 4.78 is 5.23. The zero-order chi connectivity index (χ0) is 14.4. The van der Waals surface area contributed by atoms with Gasteiger partial charge in [-0.1, -0.05) is 13.8 Å². The second kappa shape index (κ2) is 7.31. The molecule has 0 amide bonds. The van der Waals surface area contributed by atoms with E-state index in [1.165, 1.54) is 6.26 Å². The lowest BCUT2D eigenvalue weighted by atomic mass is 10.0. The van der Waals surface area contributed by atoms with Crippen molar-refractivity contribution in [3.63, 3.8) is 0 Å². The number of carbonyl (C=O) groups is 1. The Morgan fingerprint density at radius 3 is 2.63 bits per heavy atom. The molecule has 1 rings (SSSR count). The van der Waals surface area contributed by atoms with Gasteiger partial charge in [0.2, 0.25) is 0 Å². The first-order valence-electron chi connectivity index (χ1n) is 6.57. The Morgan fingerprint density at radius 1 is 1.47 bits per heavy atom. The summed E-state index contributed by atoms with van der Waals surface area (Å²) >= 11 is 0. The highest BCUT2D eigenvalue weighted by Gasteiger charge is 2.13. The number of likely N-dealkylation sites (N-methyl/N-ethyl adjacent to an activating group) is 1. The van der Waals surface area contributed by atoms with Crippen molar-refractivity contribution in [3.8, 4) is 0 Å². The molecule has 0 saturated heterocycles. The molecule has 1 aromatic heterocycles. The highest BCUT2D eigenvalue weighted by atomic mass is 16.4. The van der Waals surface area contributed by atoms with Crippen LogP contribution in [0.5, 0.6) is 0 Å². The quantitative estimate of drug-likeness (QED) is 0.755. The summed E-state index contributed by atoms with van der Waals surface area (Å²) in [6, 6.07) is 1.94. The van der Waals surface area contributed by atoms with Crippen LogP contribution in [0.3, 0.4) is 0 Å². The summed E-state index contributed by atoms with van der Waals surface area (Å²) in [6.07, 6.45) is 2.35. The Bertz CT molecular complexity index is 389. The second-order valence-corrected chi connectivity index (χ2v) is 5.58. The predicted molar refractivity (Wildman–Crippen MR) is 74.3 cm³/mol. The van der Waals surface area contributed by atoms with Gasteiger partial charge in [0.25, 0.3) is 0 Å². The molecule has 0 saturated carbocycles. The standard InChI is InChI=1S/C14H24N2O3/c1-10(2)5-12(8-16(3)4)15-7-13-6-11(9-19-13)14(17)18/h6,9-10,12,15H,5,7-8H2,1-4H3,(H,17,18). The summed E-state index contributed by atoms with van der Waals surface area (Å²) in [7, 11) is 4.09. The van der Waals surface area contributed by atoms with Gasteiger partial charge >= 0.3 is 5.97 Å². The van der Waals surface area contributed by atoms with E-state index in [9.17, 15) is 4.79 Å². The monoisotopic (exact) mass is 268 g/mol. The lowest BCUT2D eigenvalue weighted by Crippen LogP contribution is -2.38. The molecule has 0 aromatic carbocycles. The Labute approximate surface area is 114 Å². The fourth-order valence-electron chi connectivity index (χ4n) is 2.06. The zero-order valence-corrected chi connectivity index (χ0v) is 12.1. The minimum atomic E-state index is -0.956. The number of carboxylic acids is 1. The molecule has 108 valence electrons. The van der Waals surface area contributed by atoms with Crippen molar-refractivity contribution in [1.29, 1.82) is 0 Å². The maximum Gasteiger partial charge on any atom is 0.338 e. The Balaban J connectivity index is 2.51. The third-order valence-corrected chi connectivity index (χ3v) is 2.81. The van der Waals surface area contributed by atoms with Gasteiger partial charge in [-0.15, -0.1) is 0 Å². The molecule has 1 unspecified atom stereocenters. The molecule has 0 aliphatic carbocycles. The molecule has 0 fully saturated rings. The van der Waals surface area contributed by atoms with Crippen LogP contribution >= 0.6 is 0 Å². The minimum Gasteiger partial charge on any atom is -0.478 e. The Hall–Kier alpha value is -1.33. The van der Waals surface area contributed by atoms with Gasteiger partial charge in [0.05, 0.1) is 12.1 Å². The molecule has 0 spiro atoms. The summed E-state index contributed by atoms with van der Waals surface area (Å²) in [4.78, 5) is 12.9. The van der Waals surface area contributed by atoms with Gasteiger partial charge in [0.1, 0.15) is 12.0 Å². The van der Waals surface area contributed by atoms with Gasteiger partial charge in [-0.05, 0) is 32.5 Å². The number of hydrogen-bond donors (Lipinski definition) is 2. The Morgan fingerprint density at radius 2 is 2.16 bits per heavy atom. The van der Waals surface area contributed by atoms with Crippen molar-refractivity contribution in [2.24, 2.45) is 5.92 Å². The first-order chi connectivity index (χ1) is 8.88. The third kappa shape index (κ3) is 5.89. The molecule has 0 radical (unpaired) electrons. The maximum atomic E-state index is 10.8. The summed E-state index contributed by atoms with van der Waals surface area (Å²) in [5.41, 5.74) is 0.199. The molecule has 5 nitrogen and oxygen atoms in total. The summed E-state index contributed by atoms with van der Waals surface area (Å²) in [5, 5.41) is 12.2.